The Bertz CT molecular complexity index is 296. The SMILES string of the molecule is CCC1(N2CCOCC2)OS(=O)(=O)O1. The number of rotatable bonds is 2. The molecule has 2 rings (SSSR count). The molecule has 0 aromatic rings. The van der Waals surface area contributed by atoms with E-state index in [9.17, 15) is 8.42 Å². The summed E-state index contributed by atoms with van der Waals surface area (Å²) >= 11 is 0. The smallest absolute Gasteiger partial charge is 0.379 e. The molecule has 0 unspecified atom stereocenters. The number of nitrogens with zero attached hydrogens (tertiary/aromatic N) is 1. The van der Waals surface area contributed by atoms with Gasteiger partial charge in [0.25, 0.3) is 5.91 Å². The van der Waals surface area contributed by atoms with Gasteiger partial charge in [0, 0.05) is 19.5 Å². The minimum atomic E-state index is -3.73. The van der Waals surface area contributed by atoms with Crippen LogP contribution in [0.4, 0.5) is 0 Å². The Morgan fingerprint density at radius 1 is 1.29 bits per heavy atom. The van der Waals surface area contributed by atoms with Gasteiger partial charge in [0.05, 0.1) is 13.2 Å². The molecule has 0 aliphatic carbocycles. The van der Waals surface area contributed by atoms with Crippen LogP contribution in [0, 0.1) is 0 Å². The molecule has 82 valence electrons. The third kappa shape index (κ3) is 1.66. The Morgan fingerprint density at radius 3 is 2.29 bits per heavy atom. The second-order valence-electron chi connectivity index (χ2n) is 3.24. The minimum Gasteiger partial charge on any atom is -0.379 e. The third-order valence-corrected chi connectivity index (χ3v) is 3.33. The van der Waals surface area contributed by atoms with Crippen molar-refractivity contribution in [2.24, 2.45) is 0 Å². The van der Waals surface area contributed by atoms with Gasteiger partial charge >= 0.3 is 10.4 Å². The Balaban J connectivity index is 2.06. The van der Waals surface area contributed by atoms with Gasteiger partial charge in [-0.15, -0.1) is 0 Å². The average Bonchev–Trinajstić information content (AvgIpc) is 2.15. The van der Waals surface area contributed by atoms with Crippen molar-refractivity contribution in [1.29, 1.82) is 0 Å². The number of hydrogen-bond acceptors (Lipinski definition) is 6. The lowest BCUT2D eigenvalue weighted by Gasteiger charge is -2.47. The lowest BCUT2D eigenvalue weighted by Crippen LogP contribution is -2.64. The summed E-state index contributed by atoms with van der Waals surface area (Å²) in [6.45, 7) is 4.24. The normalized spacial score (nSPS) is 30.9. The van der Waals surface area contributed by atoms with E-state index in [1.165, 1.54) is 0 Å². The molecular formula is C7H13NO5S. The van der Waals surface area contributed by atoms with Crippen LogP contribution in [-0.2, 0) is 23.5 Å². The Kier molecular flexibility index (Phi) is 2.52. The third-order valence-electron chi connectivity index (χ3n) is 2.40. The molecule has 0 N–H and O–H groups in total. The summed E-state index contributed by atoms with van der Waals surface area (Å²) in [6.07, 6.45) is 0.478. The number of hydrogen-bond donors (Lipinski definition) is 0. The number of ether oxygens (including phenoxy) is 1. The van der Waals surface area contributed by atoms with Crippen LogP contribution in [0.15, 0.2) is 0 Å². The first kappa shape index (κ1) is 10.3. The van der Waals surface area contributed by atoms with Crippen LogP contribution in [0.1, 0.15) is 13.3 Å². The maximum absolute atomic E-state index is 10.8. The van der Waals surface area contributed by atoms with Gasteiger partial charge in [0.15, 0.2) is 0 Å². The van der Waals surface area contributed by atoms with Gasteiger partial charge in [-0.1, -0.05) is 6.92 Å². The Labute approximate surface area is 83.1 Å². The Hall–Kier alpha value is -0.210. The zero-order valence-electron chi connectivity index (χ0n) is 7.93. The molecule has 2 saturated heterocycles. The molecule has 2 heterocycles. The summed E-state index contributed by atoms with van der Waals surface area (Å²) in [5.74, 6) is -1.07. The summed E-state index contributed by atoms with van der Waals surface area (Å²) < 4.78 is 36.4. The highest BCUT2D eigenvalue weighted by Crippen LogP contribution is 2.37. The van der Waals surface area contributed by atoms with Crippen molar-refractivity contribution < 1.29 is 21.5 Å². The summed E-state index contributed by atoms with van der Waals surface area (Å²) in [5, 5.41) is 0. The van der Waals surface area contributed by atoms with Crippen molar-refractivity contribution in [3.05, 3.63) is 0 Å². The summed E-state index contributed by atoms with van der Waals surface area (Å²) in [5.41, 5.74) is 0. The largest absolute Gasteiger partial charge is 0.407 e. The van der Waals surface area contributed by atoms with Crippen LogP contribution in [0.2, 0.25) is 0 Å². The van der Waals surface area contributed by atoms with E-state index >= 15 is 0 Å². The topological polar surface area (TPSA) is 65.1 Å². The van der Waals surface area contributed by atoms with Crippen LogP contribution in [-0.4, -0.2) is 45.5 Å². The highest BCUT2D eigenvalue weighted by Gasteiger charge is 2.55. The molecule has 0 atom stereocenters. The predicted octanol–water partition coefficient (Wildman–Crippen LogP) is -0.326. The van der Waals surface area contributed by atoms with Gasteiger partial charge in [-0.25, -0.2) is 4.90 Å². The molecule has 0 spiro atoms. The molecule has 14 heavy (non-hydrogen) atoms. The lowest BCUT2D eigenvalue weighted by molar-refractivity contribution is -0.292. The molecule has 0 radical (unpaired) electrons. The van der Waals surface area contributed by atoms with Crippen molar-refractivity contribution in [2.75, 3.05) is 26.3 Å². The van der Waals surface area contributed by atoms with Crippen LogP contribution in [0.3, 0.4) is 0 Å². The number of morpholine rings is 1. The fourth-order valence-corrected chi connectivity index (χ4v) is 2.77. The van der Waals surface area contributed by atoms with E-state index < -0.39 is 16.3 Å². The molecule has 0 saturated carbocycles. The van der Waals surface area contributed by atoms with E-state index in [-0.39, 0.29) is 0 Å². The van der Waals surface area contributed by atoms with Gasteiger partial charge < -0.3 is 4.74 Å². The van der Waals surface area contributed by atoms with Crippen molar-refractivity contribution in [3.63, 3.8) is 0 Å². The van der Waals surface area contributed by atoms with E-state index in [0.29, 0.717) is 32.7 Å². The maximum Gasteiger partial charge on any atom is 0.407 e. The zero-order chi connectivity index (χ0) is 10.2. The minimum absolute atomic E-state index is 0.478. The van der Waals surface area contributed by atoms with Crippen LogP contribution < -0.4 is 0 Å². The van der Waals surface area contributed by atoms with Gasteiger partial charge in [-0.2, -0.15) is 16.8 Å². The van der Waals surface area contributed by atoms with Crippen molar-refractivity contribution in [1.82, 2.24) is 4.90 Å². The average molecular weight is 223 g/mol. The molecule has 0 amide bonds. The standard InChI is InChI=1S/C7H13NO5S/c1-2-7(12-14(9,10)13-7)8-3-5-11-6-4-8/h2-6H2,1H3. The molecule has 2 fully saturated rings. The fourth-order valence-electron chi connectivity index (χ4n) is 1.68. The predicted molar refractivity (Wildman–Crippen MR) is 46.5 cm³/mol. The van der Waals surface area contributed by atoms with E-state index in [0.717, 1.165) is 0 Å². The molecule has 0 aromatic carbocycles. The van der Waals surface area contributed by atoms with Gasteiger partial charge in [-0.3, -0.25) is 0 Å². The molecule has 2 aliphatic rings. The highest BCUT2D eigenvalue weighted by molar-refractivity contribution is 7.82. The molecule has 0 aromatic heterocycles. The quantitative estimate of drug-likeness (QED) is 0.639. The highest BCUT2D eigenvalue weighted by atomic mass is 32.3. The molecule has 2 aliphatic heterocycles. The van der Waals surface area contributed by atoms with Crippen molar-refractivity contribution in [3.8, 4) is 0 Å². The zero-order valence-corrected chi connectivity index (χ0v) is 8.75. The molecular weight excluding hydrogens is 210 g/mol. The molecule has 0 bridgehead atoms. The second-order valence-corrected chi connectivity index (χ2v) is 4.39. The van der Waals surface area contributed by atoms with E-state index in [1.807, 2.05) is 11.8 Å². The summed E-state index contributed by atoms with van der Waals surface area (Å²) in [4.78, 5) is 1.84. The first-order valence-electron chi connectivity index (χ1n) is 4.57. The van der Waals surface area contributed by atoms with Crippen molar-refractivity contribution in [2.45, 2.75) is 19.3 Å². The Morgan fingerprint density at radius 2 is 1.86 bits per heavy atom. The second kappa shape index (κ2) is 3.42. The fraction of sp³-hybridized carbons (Fsp3) is 1.00. The van der Waals surface area contributed by atoms with Crippen LogP contribution in [0.5, 0.6) is 0 Å². The first-order chi connectivity index (χ1) is 6.58. The van der Waals surface area contributed by atoms with E-state index in [2.05, 4.69) is 0 Å². The van der Waals surface area contributed by atoms with E-state index in [1.54, 1.807) is 0 Å². The monoisotopic (exact) mass is 223 g/mol. The van der Waals surface area contributed by atoms with Gasteiger partial charge in [-0.05, 0) is 0 Å². The van der Waals surface area contributed by atoms with Crippen molar-refractivity contribution >= 4 is 10.4 Å². The summed E-state index contributed by atoms with van der Waals surface area (Å²) in [6, 6.07) is 0. The van der Waals surface area contributed by atoms with E-state index in [4.69, 9.17) is 13.1 Å². The van der Waals surface area contributed by atoms with Crippen LogP contribution in [0.25, 0.3) is 0 Å². The van der Waals surface area contributed by atoms with Gasteiger partial charge in [0.1, 0.15) is 0 Å². The lowest BCUT2D eigenvalue weighted by atomic mass is 10.3. The van der Waals surface area contributed by atoms with Crippen LogP contribution >= 0.6 is 0 Å². The van der Waals surface area contributed by atoms with Gasteiger partial charge in [0.2, 0.25) is 0 Å². The first-order valence-corrected chi connectivity index (χ1v) is 5.90. The molecule has 6 nitrogen and oxygen atoms in total. The summed E-state index contributed by atoms with van der Waals surface area (Å²) in [7, 11) is -3.73. The molecule has 7 heteroatoms. The maximum atomic E-state index is 10.8.